The molecule has 31 heavy (non-hydrogen) atoms. The van der Waals surface area contributed by atoms with Gasteiger partial charge in [0.1, 0.15) is 17.1 Å². The average Bonchev–Trinajstić information content (AvgIpc) is 2.72. The molecule has 0 radical (unpaired) electrons. The van der Waals surface area contributed by atoms with Crippen LogP contribution in [0.1, 0.15) is 19.4 Å². The van der Waals surface area contributed by atoms with E-state index in [4.69, 9.17) is 26.8 Å². The molecule has 0 bridgehead atoms. The van der Waals surface area contributed by atoms with Crippen LogP contribution in [-0.4, -0.2) is 40.7 Å². The van der Waals surface area contributed by atoms with Gasteiger partial charge in [0.2, 0.25) is 0 Å². The number of carbonyl (C=O) groups excluding carboxylic acids is 2. The zero-order valence-corrected chi connectivity index (χ0v) is 17.6. The summed E-state index contributed by atoms with van der Waals surface area (Å²) in [5.74, 6) is -1.64. The first-order valence-corrected chi connectivity index (χ1v) is 9.85. The second kappa shape index (κ2) is 9.40. The number of hydrogen-bond acceptors (Lipinski definition) is 6. The fraction of sp³-hybridized carbons (Fsp3) is 0.182. The monoisotopic (exact) mass is 440 g/mol. The highest BCUT2D eigenvalue weighted by Crippen LogP contribution is 2.28. The largest absolute Gasteiger partial charge is 0.494 e. The van der Waals surface area contributed by atoms with E-state index in [2.05, 4.69) is 5.32 Å². The molecular weight excluding hydrogens is 420 g/mol. The molecule has 0 saturated carbocycles. The summed E-state index contributed by atoms with van der Waals surface area (Å²) in [6, 6.07) is 13.3. The summed E-state index contributed by atoms with van der Waals surface area (Å²) in [5, 5.41) is 11.6. The number of hydrogen-bond donors (Lipinski definition) is 2. The number of carboxylic acid groups (broad SMARTS) is 1. The SMILES string of the molecule is CCOc1cccc(N2C(=O)/C(=C/c3ccccc3O[C@@H](C)C(=O)O)C(=O)NC2=S)c1. The molecule has 1 aliphatic heterocycles. The van der Waals surface area contributed by atoms with Crippen molar-refractivity contribution in [1.29, 1.82) is 0 Å². The smallest absolute Gasteiger partial charge is 0.344 e. The van der Waals surface area contributed by atoms with Gasteiger partial charge in [0.25, 0.3) is 11.8 Å². The van der Waals surface area contributed by atoms with Crippen LogP contribution in [0.25, 0.3) is 6.08 Å². The summed E-state index contributed by atoms with van der Waals surface area (Å²) in [5.41, 5.74) is 0.648. The maximum atomic E-state index is 13.2. The Kier molecular flexibility index (Phi) is 6.66. The van der Waals surface area contributed by atoms with Gasteiger partial charge in [-0.2, -0.15) is 0 Å². The summed E-state index contributed by atoms with van der Waals surface area (Å²) in [6.45, 7) is 3.68. The lowest BCUT2D eigenvalue weighted by Crippen LogP contribution is -2.54. The van der Waals surface area contributed by atoms with Gasteiger partial charge < -0.3 is 14.6 Å². The van der Waals surface area contributed by atoms with Crippen molar-refractivity contribution >= 4 is 46.9 Å². The van der Waals surface area contributed by atoms with Crippen molar-refractivity contribution in [2.24, 2.45) is 0 Å². The van der Waals surface area contributed by atoms with E-state index >= 15 is 0 Å². The van der Waals surface area contributed by atoms with Crippen molar-refractivity contribution in [3.05, 3.63) is 59.7 Å². The van der Waals surface area contributed by atoms with E-state index in [-0.39, 0.29) is 16.4 Å². The fourth-order valence-corrected chi connectivity index (χ4v) is 3.16. The van der Waals surface area contributed by atoms with Gasteiger partial charge >= 0.3 is 5.97 Å². The third kappa shape index (κ3) is 4.89. The zero-order chi connectivity index (χ0) is 22.5. The van der Waals surface area contributed by atoms with Crippen LogP contribution in [0.5, 0.6) is 11.5 Å². The summed E-state index contributed by atoms with van der Waals surface area (Å²) in [4.78, 5) is 38.1. The molecule has 2 N–H and O–H groups in total. The molecule has 2 aromatic carbocycles. The Morgan fingerprint density at radius 1 is 1.23 bits per heavy atom. The Morgan fingerprint density at radius 2 is 1.97 bits per heavy atom. The molecule has 9 heteroatoms. The number of nitrogens with one attached hydrogen (secondary N) is 1. The quantitative estimate of drug-likeness (QED) is 0.387. The molecule has 2 amide bonds. The molecular formula is C22H20N2O6S. The van der Waals surface area contributed by atoms with E-state index in [9.17, 15) is 14.4 Å². The second-order valence-electron chi connectivity index (χ2n) is 6.52. The Morgan fingerprint density at radius 3 is 2.68 bits per heavy atom. The minimum Gasteiger partial charge on any atom is -0.494 e. The maximum Gasteiger partial charge on any atom is 0.344 e. The maximum absolute atomic E-state index is 13.2. The van der Waals surface area contributed by atoms with Crippen LogP contribution in [0.3, 0.4) is 0 Å². The van der Waals surface area contributed by atoms with Crippen LogP contribution in [-0.2, 0) is 14.4 Å². The van der Waals surface area contributed by atoms with Crippen LogP contribution in [0.15, 0.2) is 54.1 Å². The molecule has 1 fully saturated rings. The van der Waals surface area contributed by atoms with E-state index in [0.29, 0.717) is 23.6 Å². The number of rotatable bonds is 7. The zero-order valence-electron chi connectivity index (χ0n) is 16.8. The van der Waals surface area contributed by atoms with E-state index in [0.717, 1.165) is 0 Å². The highest BCUT2D eigenvalue weighted by atomic mass is 32.1. The first-order chi connectivity index (χ1) is 14.8. The summed E-state index contributed by atoms with van der Waals surface area (Å²) in [7, 11) is 0. The third-order valence-electron chi connectivity index (χ3n) is 4.36. The Bertz CT molecular complexity index is 1080. The van der Waals surface area contributed by atoms with Crippen molar-refractivity contribution in [3.8, 4) is 11.5 Å². The number of aliphatic carboxylic acids is 1. The van der Waals surface area contributed by atoms with Gasteiger partial charge in [0.15, 0.2) is 11.2 Å². The van der Waals surface area contributed by atoms with Gasteiger partial charge in [-0.3, -0.25) is 19.8 Å². The lowest BCUT2D eigenvalue weighted by atomic mass is 10.1. The van der Waals surface area contributed by atoms with Crippen LogP contribution in [0.4, 0.5) is 5.69 Å². The van der Waals surface area contributed by atoms with Crippen molar-refractivity contribution in [3.63, 3.8) is 0 Å². The highest BCUT2D eigenvalue weighted by Gasteiger charge is 2.35. The number of carboxylic acids is 1. The number of carbonyl (C=O) groups is 3. The first-order valence-electron chi connectivity index (χ1n) is 9.44. The Labute approximate surface area is 184 Å². The molecule has 1 heterocycles. The molecule has 1 atom stereocenters. The van der Waals surface area contributed by atoms with E-state index < -0.39 is 23.9 Å². The van der Waals surface area contributed by atoms with E-state index in [1.807, 2.05) is 6.92 Å². The highest BCUT2D eigenvalue weighted by molar-refractivity contribution is 7.80. The molecule has 8 nitrogen and oxygen atoms in total. The molecule has 1 aliphatic rings. The van der Waals surface area contributed by atoms with Crippen molar-refractivity contribution in [2.75, 3.05) is 11.5 Å². The van der Waals surface area contributed by atoms with Crippen molar-refractivity contribution in [2.45, 2.75) is 20.0 Å². The van der Waals surface area contributed by atoms with Gasteiger partial charge in [-0.25, -0.2) is 4.79 Å². The molecule has 160 valence electrons. The van der Waals surface area contributed by atoms with Gasteiger partial charge in [0.05, 0.1) is 12.3 Å². The molecule has 3 rings (SSSR count). The average molecular weight is 440 g/mol. The molecule has 0 aromatic heterocycles. The standard InChI is InChI=1S/C22H20N2O6S/c1-3-29-16-9-6-8-15(12-16)24-20(26)17(19(25)23-22(24)31)11-14-7-4-5-10-18(14)30-13(2)21(27)28/h4-13H,3H2,1-2H3,(H,27,28)(H,23,25,31)/b17-11+/t13-/m0/s1. The molecule has 1 saturated heterocycles. The molecule has 0 spiro atoms. The summed E-state index contributed by atoms with van der Waals surface area (Å²) < 4.78 is 10.9. The van der Waals surface area contributed by atoms with Gasteiger partial charge in [-0.15, -0.1) is 0 Å². The van der Waals surface area contributed by atoms with Gasteiger partial charge in [-0.05, 0) is 50.3 Å². The van der Waals surface area contributed by atoms with Crippen LogP contribution in [0, 0.1) is 0 Å². The lowest BCUT2D eigenvalue weighted by molar-refractivity contribution is -0.144. The number of benzene rings is 2. The number of anilines is 1. The predicted octanol–water partition coefficient (Wildman–Crippen LogP) is 2.77. The topological polar surface area (TPSA) is 105 Å². The van der Waals surface area contributed by atoms with Crippen LogP contribution < -0.4 is 19.7 Å². The number of nitrogens with zero attached hydrogens (tertiary/aromatic N) is 1. The Balaban J connectivity index is 1.99. The van der Waals surface area contributed by atoms with Crippen molar-refractivity contribution in [1.82, 2.24) is 5.32 Å². The number of para-hydroxylation sites is 1. The van der Waals surface area contributed by atoms with E-state index in [1.165, 1.54) is 17.9 Å². The summed E-state index contributed by atoms with van der Waals surface area (Å²) >= 11 is 5.22. The first kappa shape index (κ1) is 22.0. The second-order valence-corrected chi connectivity index (χ2v) is 6.91. The van der Waals surface area contributed by atoms with Crippen molar-refractivity contribution < 1.29 is 29.0 Å². The fourth-order valence-electron chi connectivity index (χ4n) is 2.87. The molecule has 0 unspecified atom stereocenters. The van der Waals surface area contributed by atoms with E-state index in [1.54, 1.807) is 48.5 Å². The minimum atomic E-state index is -1.14. The number of amides is 2. The minimum absolute atomic E-state index is 0.0511. The third-order valence-corrected chi connectivity index (χ3v) is 4.64. The Hall–Kier alpha value is -3.72. The number of ether oxygens (including phenoxy) is 2. The lowest BCUT2D eigenvalue weighted by Gasteiger charge is -2.29. The normalized spacial score (nSPS) is 16.1. The molecule has 2 aromatic rings. The summed E-state index contributed by atoms with van der Waals surface area (Å²) in [6.07, 6.45) is 0.240. The predicted molar refractivity (Wildman–Crippen MR) is 118 cm³/mol. The van der Waals surface area contributed by atoms with Gasteiger partial charge in [-0.1, -0.05) is 24.3 Å². The molecule has 0 aliphatic carbocycles. The van der Waals surface area contributed by atoms with Gasteiger partial charge in [0, 0.05) is 11.6 Å². The van der Waals surface area contributed by atoms with Crippen LogP contribution in [0.2, 0.25) is 0 Å². The number of thiocarbonyl (C=S) groups is 1. The van der Waals surface area contributed by atoms with Crippen LogP contribution >= 0.6 is 12.2 Å².